The highest BCUT2D eigenvalue weighted by Crippen LogP contribution is 2.36. The maximum absolute atomic E-state index is 12.3. The Morgan fingerprint density at radius 2 is 1.86 bits per heavy atom. The number of nitrogens with zero attached hydrogens (tertiary/aromatic N) is 2. The van der Waals surface area contributed by atoms with Crippen LogP contribution >= 0.6 is 0 Å². The molecule has 1 aromatic carbocycles. The minimum Gasteiger partial charge on any atom is -0.294 e. The van der Waals surface area contributed by atoms with E-state index in [1.807, 2.05) is 6.92 Å². The van der Waals surface area contributed by atoms with Gasteiger partial charge in [0.25, 0.3) is 0 Å². The summed E-state index contributed by atoms with van der Waals surface area (Å²) in [5.41, 5.74) is 2.91. The summed E-state index contributed by atoms with van der Waals surface area (Å²) in [6.45, 7) is 5.02. The maximum atomic E-state index is 12.3. The van der Waals surface area contributed by atoms with Gasteiger partial charge in [0.05, 0.1) is 5.75 Å². The zero-order valence-electron chi connectivity index (χ0n) is 13.4. The molecule has 4 nitrogen and oxygen atoms in total. The number of hydrogen-bond donors (Lipinski definition) is 0. The van der Waals surface area contributed by atoms with E-state index in [2.05, 4.69) is 29.2 Å². The molecule has 1 heterocycles. The average Bonchev–Trinajstić information content (AvgIpc) is 2.97. The molecule has 5 heteroatoms. The molecule has 1 saturated heterocycles. The zero-order chi connectivity index (χ0) is 15.6. The second-order valence-corrected chi connectivity index (χ2v) is 8.45. The van der Waals surface area contributed by atoms with Crippen LogP contribution in [0.15, 0.2) is 24.3 Å². The van der Waals surface area contributed by atoms with Crippen molar-refractivity contribution in [2.24, 2.45) is 0 Å². The van der Waals surface area contributed by atoms with E-state index in [1.165, 1.54) is 17.5 Å². The summed E-state index contributed by atoms with van der Waals surface area (Å²) >= 11 is 0. The Labute approximate surface area is 134 Å². The molecular formula is C17H26N2O2S. The van der Waals surface area contributed by atoms with E-state index >= 15 is 0 Å². The van der Waals surface area contributed by atoms with Gasteiger partial charge in [-0.15, -0.1) is 0 Å². The summed E-state index contributed by atoms with van der Waals surface area (Å²) in [6, 6.07) is 9.16. The maximum Gasteiger partial charge on any atom is 0.214 e. The molecule has 22 heavy (non-hydrogen) atoms. The van der Waals surface area contributed by atoms with Gasteiger partial charge in [-0.3, -0.25) is 4.90 Å². The van der Waals surface area contributed by atoms with Crippen molar-refractivity contribution in [3.63, 3.8) is 0 Å². The molecule has 0 saturated carbocycles. The van der Waals surface area contributed by atoms with E-state index in [-0.39, 0.29) is 0 Å². The molecule has 122 valence electrons. The number of rotatable bonds is 5. The van der Waals surface area contributed by atoms with Crippen LogP contribution in [0.3, 0.4) is 0 Å². The number of piperazine rings is 1. The van der Waals surface area contributed by atoms with Crippen molar-refractivity contribution in [1.29, 1.82) is 0 Å². The second-order valence-electron chi connectivity index (χ2n) is 6.36. The standard InChI is InChI=1S/C17H26N2O2S/c1-2-3-14-22(20,21)19-12-10-18(11-13-19)17-9-8-15-6-4-5-7-16(15)17/h4-7,17H,2-3,8-14H2,1H3. The zero-order valence-corrected chi connectivity index (χ0v) is 14.2. The summed E-state index contributed by atoms with van der Waals surface area (Å²) < 4.78 is 26.3. The topological polar surface area (TPSA) is 40.6 Å². The van der Waals surface area contributed by atoms with Crippen LogP contribution in [0.1, 0.15) is 43.4 Å². The van der Waals surface area contributed by atoms with E-state index in [9.17, 15) is 8.42 Å². The van der Waals surface area contributed by atoms with E-state index < -0.39 is 10.0 Å². The SMILES string of the molecule is CCCCS(=O)(=O)N1CCN(C2CCc3ccccc32)CC1. The van der Waals surface area contributed by atoms with E-state index in [0.29, 0.717) is 24.9 Å². The molecule has 0 radical (unpaired) electrons. The fourth-order valence-electron chi connectivity index (χ4n) is 3.66. The molecule has 0 aromatic heterocycles. The molecule has 1 aliphatic heterocycles. The Balaban J connectivity index is 1.61. The van der Waals surface area contributed by atoms with Gasteiger partial charge in [0.2, 0.25) is 10.0 Å². The summed E-state index contributed by atoms with van der Waals surface area (Å²) in [7, 11) is -3.05. The van der Waals surface area contributed by atoms with Crippen LogP contribution in [0.5, 0.6) is 0 Å². The number of aryl methyl sites for hydroxylation is 1. The molecule has 0 amide bonds. The predicted molar refractivity (Wildman–Crippen MR) is 89.3 cm³/mol. The monoisotopic (exact) mass is 322 g/mol. The van der Waals surface area contributed by atoms with Gasteiger partial charge < -0.3 is 0 Å². The molecule has 1 atom stereocenters. The van der Waals surface area contributed by atoms with Crippen LogP contribution < -0.4 is 0 Å². The number of hydrogen-bond acceptors (Lipinski definition) is 3. The van der Waals surface area contributed by atoms with Crippen LogP contribution in [-0.4, -0.2) is 49.6 Å². The van der Waals surface area contributed by atoms with Gasteiger partial charge >= 0.3 is 0 Å². The van der Waals surface area contributed by atoms with Crippen molar-refractivity contribution in [2.75, 3.05) is 31.9 Å². The third-order valence-electron chi connectivity index (χ3n) is 4.96. The predicted octanol–water partition coefficient (Wildman–Crippen LogP) is 2.42. The van der Waals surface area contributed by atoms with Crippen molar-refractivity contribution in [2.45, 2.75) is 38.6 Å². The van der Waals surface area contributed by atoms with Crippen molar-refractivity contribution < 1.29 is 8.42 Å². The lowest BCUT2D eigenvalue weighted by Gasteiger charge is -2.37. The summed E-state index contributed by atoms with van der Waals surface area (Å²) in [6.07, 6.45) is 4.01. The quantitative estimate of drug-likeness (QED) is 0.836. The fourth-order valence-corrected chi connectivity index (χ4v) is 5.29. The first-order valence-corrected chi connectivity index (χ1v) is 10.0. The lowest BCUT2D eigenvalue weighted by atomic mass is 10.1. The Bertz CT molecular complexity index is 607. The van der Waals surface area contributed by atoms with Crippen molar-refractivity contribution in [1.82, 2.24) is 9.21 Å². The van der Waals surface area contributed by atoms with Crippen LogP contribution in [0.2, 0.25) is 0 Å². The van der Waals surface area contributed by atoms with Crippen molar-refractivity contribution in [3.05, 3.63) is 35.4 Å². The van der Waals surface area contributed by atoms with Gasteiger partial charge in [0.1, 0.15) is 0 Å². The Kier molecular flexibility index (Phi) is 4.85. The highest BCUT2D eigenvalue weighted by molar-refractivity contribution is 7.89. The van der Waals surface area contributed by atoms with Crippen molar-refractivity contribution in [3.8, 4) is 0 Å². The third kappa shape index (κ3) is 3.21. The second kappa shape index (κ2) is 6.69. The first-order chi connectivity index (χ1) is 10.6. The first kappa shape index (κ1) is 16.0. The summed E-state index contributed by atoms with van der Waals surface area (Å²) in [4.78, 5) is 2.47. The van der Waals surface area contributed by atoms with Gasteiger partial charge in [-0.2, -0.15) is 4.31 Å². The number of benzene rings is 1. The first-order valence-electron chi connectivity index (χ1n) is 8.41. The smallest absolute Gasteiger partial charge is 0.214 e. The molecule has 0 N–H and O–H groups in total. The van der Waals surface area contributed by atoms with Crippen LogP contribution in [0, 0.1) is 0 Å². The highest BCUT2D eigenvalue weighted by atomic mass is 32.2. The van der Waals surface area contributed by atoms with Crippen molar-refractivity contribution >= 4 is 10.0 Å². The fraction of sp³-hybridized carbons (Fsp3) is 0.647. The van der Waals surface area contributed by atoms with Gasteiger partial charge in [0.15, 0.2) is 0 Å². The Morgan fingerprint density at radius 3 is 2.59 bits per heavy atom. The van der Waals surface area contributed by atoms with Crippen LogP contribution in [0.4, 0.5) is 0 Å². The van der Waals surface area contributed by atoms with Crippen LogP contribution in [0.25, 0.3) is 0 Å². The van der Waals surface area contributed by atoms with E-state index in [4.69, 9.17) is 0 Å². The third-order valence-corrected chi connectivity index (χ3v) is 6.92. The molecule has 0 spiro atoms. The number of fused-ring (bicyclic) bond motifs is 1. The van der Waals surface area contributed by atoms with Gasteiger partial charge in [-0.1, -0.05) is 37.6 Å². The van der Waals surface area contributed by atoms with Crippen LogP contribution in [-0.2, 0) is 16.4 Å². The summed E-state index contributed by atoms with van der Waals surface area (Å²) in [5, 5.41) is 0. The Morgan fingerprint density at radius 1 is 1.14 bits per heavy atom. The molecular weight excluding hydrogens is 296 g/mol. The normalized spacial score (nSPS) is 23.6. The largest absolute Gasteiger partial charge is 0.294 e. The lowest BCUT2D eigenvalue weighted by molar-refractivity contribution is 0.137. The number of sulfonamides is 1. The Hall–Kier alpha value is -0.910. The minimum atomic E-state index is -3.05. The lowest BCUT2D eigenvalue weighted by Crippen LogP contribution is -2.49. The van der Waals surface area contributed by atoms with Gasteiger partial charge in [-0.05, 0) is 30.4 Å². The highest BCUT2D eigenvalue weighted by Gasteiger charge is 2.32. The summed E-state index contributed by atoms with van der Waals surface area (Å²) in [5.74, 6) is 0.301. The van der Waals surface area contributed by atoms with E-state index in [1.54, 1.807) is 4.31 Å². The molecule has 1 unspecified atom stereocenters. The molecule has 2 aliphatic rings. The minimum absolute atomic E-state index is 0.301. The molecule has 3 rings (SSSR count). The number of unbranched alkanes of at least 4 members (excludes halogenated alkanes) is 1. The molecule has 1 fully saturated rings. The molecule has 1 aliphatic carbocycles. The average molecular weight is 322 g/mol. The van der Waals surface area contributed by atoms with E-state index in [0.717, 1.165) is 32.4 Å². The molecule has 0 bridgehead atoms. The van der Waals surface area contributed by atoms with Gasteiger partial charge in [-0.25, -0.2) is 8.42 Å². The van der Waals surface area contributed by atoms with Gasteiger partial charge in [0, 0.05) is 32.2 Å². The molecule has 1 aromatic rings.